The maximum atomic E-state index is 9.75. The number of nitrogens with two attached hydrogens (primary N) is 2. The van der Waals surface area contributed by atoms with E-state index in [-0.39, 0.29) is 11.8 Å². The molecule has 0 amide bonds. The van der Waals surface area contributed by atoms with Gasteiger partial charge in [-0.3, -0.25) is 0 Å². The van der Waals surface area contributed by atoms with Crippen molar-refractivity contribution in [3.63, 3.8) is 0 Å². The monoisotopic (exact) mass is 196 g/mol. The summed E-state index contributed by atoms with van der Waals surface area (Å²) in [5.41, 5.74) is 11.7. The van der Waals surface area contributed by atoms with Crippen LogP contribution in [0.15, 0.2) is 24.3 Å². The minimum Gasteiger partial charge on any atom is -0.508 e. The van der Waals surface area contributed by atoms with E-state index in [9.17, 15) is 5.11 Å². The van der Waals surface area contributed by atoms with E-state index in [1.807, 2.05) is 0 Å². The van der Waals surface area contributed by atoms with Gasteiger partial charge in [0, 0.05) is 6.04 Å². The first kappa shape index (κ1) is 11.0. The molecule has 0 aromatic heterocycles. The van der Waals surface area contributed by atoms with Crippen LogP contribution < -0.4 is 11.5 Å². The third-order valence-electron chi connectivity index (χ3n) is 2.14. The molecule has 78 valence electrons. The zero-order valence-electron chi connectivity index (χ0n) is 7.93. The van der Waals surface area contributed by atoms with Crippen LogP contribution in [0.4, 0.5) is 0 Å². The van der Waals surface area contributed by atoms with Gasteiger partial charge in [-0.05, 0) is 30.7 Å². The molecular weight excluding hydrogens is 180 g/mol. The average Bonchev–Trinajstić information content (AvgIpc) is 2.18. The van der Waals surface area contributed by atoms with Crippen molar-refractivity contribution in [2.75, 3.05) is 6.54 Å². The Balaban J connectivity index is 2.68. The summed E-state index contributed by atoms with van der Waals surface area (Å²) in [5, 5.41) is 18.8. The van der Waals surface area contributed by atoms with Gasteiger partial charge in [0.1, 0.15) is 5.75 Å². The zero-order valence-corrected chi connectivity index (χ0v) is 7.93. The first-order valence-corrected chi connectivity index (χ1v) is 4.58. The van der Waals surface area contributed by atoms with Gasteiger partial charge in [-0.15, -0.1) is 0 Å². The fraction of sp³-hybridized carbons (Fsp3) is 0.400. The summed E-state index contributed by atoms with van der Waals surface area (Å²) in [6.07, 6.45) is -0.152. The van der Waals surface area contributed by atoms with Crippen molar-refractivity contribution in [2.45, 2.75) is 18.6 Å². The Kier molecular flexibility index (Phi) is 3.88. The van der Waals surface area contributed by atoms with Crippen molar-refractivity contribution < 1.29 is 10.2 Å². The highest BCUT2D eigenvalue weighted by Gasteiger charge is 2.15. The number of aliphatic hydroxyl groups is 1. The van der Waals surface area contributed by atoms with Gasteiger partial charge in [-0.1, -0.05) is 12.1 Å². The molecule has 2 unspecified atom stereocenters. The van der Waals surface area contributed by atoms with Crippen molar-refractivity contribution in [1.29, 1.82) is 0 Å². The van der Waals surface area contributed by atoms with Gasteiger partial charge in [0.15, 0.2) is 0 Å². The van der Waals surface area contributed by atoms with Crippen LogP contribution in [0.25, 0.3) is 0 Å². The van der Waals surface area contributed by atoms with E-state index in [1.54, 1.807) is 12.1 Å². The van der Waals surface area contributed by atoms with Crippen LogP contribution in [0.5, 0.6) is 5.75 Å². The molecule has 0 fully saturated rings. The third kappa shape index (κ3) is 2.70. The van der Waals surface area contributed by atoms with E-state index in [2.05, 4.69) is 0 Å². The fourth-order valence-electron chi connectivity index (χ4n) is 1.27. The molecule has 0 spiro atoms. The second kappa shape index (κ2) is 4.95. The highest BCUT2D eigenvalue weighted by atomic mass is 16.3. The van der Waals surface area contributed by atoms with E-state index >= 15 is 0 Å². The summed E-state index contributed by atoms with van der Waals surface area (Å²) < 4.78 is 0. The molecule has 0 radical (unpaired) electrons. The van der Waals surface area contributed by atoms with Crippen molar-refractivity contribution in [3.05, 3.63) is 29.8 Å². The molecule has 0 saturated heterocycles. The van der Waals surface area contributed by atoms with Gasteiger partial charge in [0.25, 0.3) is 0 Å². The van der Waals surface area contributed by atoms with Crippen molar-refractivity contribution in [2.24, 2.45) is 11.5 Å². The molecule has 4 heteroatoms. The second-order valence-corrected chi connectivity index (χ2v) is 3.28. The molecule has 4 nitrogen and oxygen atoms in total. The lowest BCUT2D eigenvalue weighted by Gasteiger charge is -2.18. The number of hydrogen-bond acceptors (Lipinski definition) is 4. The SMILES string of the molecule is NCCC(N)C(O)c1ccc(O)cc1. The summed E-state index contributed by atoms with van der Waals surface area (Å²) in [6, 6.07) is 5.98. The van der Waals surface area contributed by atoms with Crippen LogP contribution in [0, 0.1) is 0 Å². The molecule has 0 aliphatic rings. The van der Waals surface area contributed by atoms with E-state index in [1.165, 1.54) is 12.1 Å². The Labute approximate surface area is 83.2 Å². The maximum absolute atomic E-state index is 9.75. The standard InChI is InChI=1S/C10H16N2O2/c11-6-5-9(12)10(14)7-1-3-8(13)4-2-7/h1-4,9-10,13-14H,5-6,11-12H2. The molecule has 6 N–H and O–H groups in total. The largest absolute Gasteiger partial charge is 0.508 e. The minimum absolute atomic E-state index is 0.174. The van der Waals surface area contributed by atoms with Crippen LogP contribution in [-0.4, -0.2) is 22.8 Å². The summed E-state index contributed by atoms with van der Waals surface area (Å²) >= 11 is 0. The van der Waals surface area contributed by atoms with Crippen LogP contribution in [0.2, 0.25) is 0 Å². The minimum atomic E-state index is -0.723. The molecule has 0 aliphatic heterocycles. The topological polar surface area (TPSA) is 92.5 Å². The number of phenolic OH excluding ortho intramolecular Hbond substituents is 1. The quantitative estimate of drug-likeness (QED) is 0.549. The first-order chi connectivity index (χ1) is 6.65. The number of hydrogen-bond donors (Lipinski definition) is 4. The normalized spacial score (nSPS) is 15.1. The van der Waals surface area contributed by atoms with E-state index < -0.39 is 6.10 Å². The molecule has 1 aromatic rings. The third-order valence-corrected chi connectivity index (χ3v) is 2.14. The molecule has 0 saturated carbocycles. The van der Waals surface area contributed by atoms with Crippen LogP contribution in [-0.2, 0) is 0 Å². The maximum Gasteiger partial charge on any atom is 0.115 e. The number of rotatable bonds is 4. The molecule has 14 heavy (non-hydrogen) atoms. The molecule has 0 bridgehead atoms. The smallest absolute Gasteiger partial charge is 0.115 e. The number of aliphatic hydroxyl groups excluding tert-OH is 1. The Morgan fingerprint density at radius 1 is 1.21 bits per heavy atom. The molecule has 1 aromatic carbocycles. The zero-order chi connectivity index (χ0) is 10.6. The predicted molar refractivity (Wildman–Crippen MR) is 54.7 cm³/mol. The molecule has 1 rings (SSSR count). The Morgan fingerprint density at radius 2 is 1.79 bits per heavy atom. The number of benzene rings is 1. The lowest BCUT2D eigenvalue weighted by Crippen LogP contribution is -2.30. The van der Waals surface area contributed by atoms with Gasteiger partial charge in [-0.25, -0.2) is 0 Å². The Bertz CT molecular complexity index is 274. The first-order valence-electron chi connectivity index (χ1n) is 4.58. The molecule has 0 aliphatic carbocycles. The summed E-state index contributed by atoms with van der Waals surface area (Å²) in [5.74, 6) is 0.174. The average molecular weight is 196 g/mol. The van der Waals surface area contributed by atoms with E-state index in [0.29, 0.717) is 18.5 Å². The van der Waals surface area contributed by atoms with Crippen LogP contribution >= 0.6 is 0 Å². The van der Waals surface area contributed by atoms with Gasteiger partial charge in [0.05, 0.1) is 6.10 Å². The lowest BCUT2D eigenvalue weighted by atomic mass is 10.0. The predicted octanol–water partition coefficient (Wildman–Crippen LogP) is 0.102. The number of phenols is 1. The second-order valence-electron chi connectivity index (χ2n) is 3.28. The summed E-state index contributed by atoms with van der Waals surface area (Å²) in [4.78, 5) is 0. The Hall–Kier alpha value is -1.10. The van der Waals surface area contributed by atoms with Gasteiger partial charge in [-0.2, -0.15) is 0 Å². The summed E-state index contributed by atoms with van der Waals surface area (Å²) in [6.45, 7) is 0.455. The van der Waals surface area contributed by atoms with Gasteiger partial charge >= 0.3 is 0 Å². The van der Waals surface area contributed by atoms with Crippen LogP contribution in [0.1, 0.15) is 18.1 Å². The van der Waals surface area contributed by atoms with Crippen LogP contribution in [0.3, 0.4) is 0 Å². The van der Waals surface area contributed by atoms with Crippen molar-refractivity contribution in [1.82, 2.24) is 0 Å². The molecule has 0 heterocycles. The van der Waals surface area contributed by atoms with Crippen molar-refractivity contribution in [3.8, 4) is 5.75 Å². The molecule has 2 atom stereocenters. The van der Waals surface area contributed by atoms with Crippen molar-refractivity contribution >= 4 is 0 Å². The lowest BCUT2D eigenvalue weighted by molar-refractivity contribution is 0.143. The van der Waals surface area contributed by atoms with E-state index in [0.717, 1.165) is 0 Å². The number of aromatic hydroxyl groups is 1. The van der Waals surface area contributed by atoms with E-state index in [4.69, 9.17) is 16.6 Å². The highest BCUT2D eigenvalue weighted by Crippen LogP contribution is 2.19. The fourth-order valence-corrected chi connectivity index (χ4v) is 1.27. The van der Waals surface area contributed by atoms with Gasteiger partial charge < -0.3 is 21.7 Å². The molecular formula is C10H16N2O2. The summed E-state index contributed by atoms with van der Waals surface area (Å²) in [7, 11) is 0. The Morgan fingerprint density at radius 3 is 2.29 bits per heavy atom. The van der Waals surface area contributed by atoms with Gasteiger partial charge in [0.2, 0.25) is 0 Å². The highest BCUT2D eigenvalue weighted by molar-refractivity contribution is 5.27.